The predicted molar refractivity (Wildman–Crippen MR) is 97.3 cm³/mol. The van der Waals surface area contributed by atoms with Gasteiger partial charge in [-0.1, -0.05) is 54.6 Å². The molecule has 0 spiro atoms. The van der Waals surface area contributed by atoms with Crippen molar-refractivity contribution in [2.45, 2.75) is 12.5 Å². The lowest BCUT2D eigenvalue weighted by molar-refractivity contribution is 0.0714. The lowest BCUT2D eigenvalue weighted by Gasteiger charge is -2.20. The minimum absolute atomic E-state index is 0.0343. The molecule has 1 amide bonds. The molecule has 118 valence electrons. The van der Waals surface area contributed by atoms with E-state index in [-0.39, 0.29) is 11.9 Å². The van der Waals surface area contributed by atoms with Crippen LogP contribution in [0.1, 0.15) is 33.3 Å². The lowest BCUT2D eigenvalue weighted by atomic mass is 10.0. The molecule has 0 fully saturated rings. The molecule has 1 aromatic heterocycles. The average Bonchev–Trinajstić information content (AvgIpc) is 3.32. The van der Waals surface area contributed by atoms with E-state index in [4.69, 9.17) is 0 Å². The highest BCUT2D eigenvalue weighted by Crippen LogP contribution is 2.35. The molecule has 0 saturated heterocycles. The second-order valence-corrected chi connectivity index (χ2v) is 6.64. The summed E-state index contributed by atoms with van der Waals surface area (Å²) in [6.07, 6.45) is 0.739. The number of carbonyl (C=O) groups excluding carboxylic acids is 1. The maximum Gasteiger partial charge on any atom is 0.274 e. The Balaban J connectivity index is 1.72. The van der Waals surface area contributed by atoms with Crippen LogP contribution in [0.15, 0.2) is 83.3 Å². The number of carbonyl (C=O) groups is 1. The molecule has 1 aliphatic heterocycles. The number of nitrogens with zero attached hydrogens (tertiary/aromatic N) is 2. The summed E-state index contributed by atoms with van der Waals surface area (Å²) >= 11 is 1.67. The van der Waals surface area contributed by atoms with E-state index in [2.05, 4.69) is 11.2 Å². The molecule has 2 heterocycles. The summed E-state index contributed by atoms with van der Waals surface area (Å²) in [6.45, 7) is 0. The minimum Gasteiger partial charge on any atom is -0.267 e. The molecule has 0 radical (unpaired) electrons. The smallest absolute Gasteiger partial charge is 0.267 e. The second kappa shape index (κ2) is 6.42. The third kappa shape index (κ3) is 2.76. The Kier molecular flexibility index (Phi) is 3.97. The SMILES string of the molecule is O=C(c1ccccc1)N1N=C(c2ccccc2)C[C@H]1c1cccs1. The standard InChI is InChI=1S/C20H16N2OS/c23-20(16-10-5-2-6-11-16)22-18(19-12-7-13-24-19)14-17(21-22)15-8-3-1-4-9-15/h1-13,18H,14H2/t18-/m0/s1. The number of hydrazone groups is 1. The van der Waals surface area contributed by atoms with Gasteiger partial charge in [-0.3, -0.25) is 4.79 Å². The highest BCUT2D eigenvalue weighted by atomic mass is 32.1. The van der Waals surface area contributed by atoms with Gasteiger partial charge in [0.15, 0.2) is 0 Å². The number of hydrogen-bond donors (Lipinski definition) is 0. The van der Waals surface area contributed by atoms with E-state index >= 15 is 0 Å². The number of amides is 1. The quantitative estimate of drug-likeness (QED) is 0.682. The van der Waals surface area contributed by atoms with Gasteiger partial charge >= 0.3 is 0 Å². The Hall–Kier alpha value is -2.72. The highest BCUT2D eigenvalue weighted by Gasteiger charge is 2.34. The van der Waals surface area contributed by atoms with E-state index in [1.165, 1.54) is 0 Å². The van der Waals surface area contributed by atoms with E-state index in [1.54, 1.807) is 16.3 Å². The summed E-state index contributed by atoms with van der Waals surface area (Å²) in [5, 5.41) is 8.36. The maximum atomic E-state index is 13.0. The third-order valence-corrected chi connectivity index (χ3v) is 5.09. The van der Waals surface area contributed by atoms with Crippen molar-refractivity contribution in [3.05, 3.63) is 94.2 Å². The largest absolute Gasteiger partial charge is 0.274 e. The van der Waals surface area contributed by atoms with E-state index in [0.29, 0.717) is 5.56 Å². The summed E-state index contributed by atoms with van der Waals surface area (Å²) in [7, 11) is 0. The van der Waals surface area contributed by atoms with Crippen molar-refractivity contribution in [3.8, 4) is 0 Å². The van der Waals surface area contributed by atoms with Crippen molar-refractivity contribution < 1.29 is 4.79 Å². The van der Waals surface area contributed by atoms with Crippen molar-refractivity contribution in [2.24, 2.45) is 5.10 Å². The van der Waals surface area contributed by atoms with E-state index < -0.39 is 0 Å². The van der Waals surface area contributed by atoms with Crippen LogP contribution in [0.3, 0.4) is 0 Å². The zero-order valence-corrected chi connectivity index (χ0v) is 13.8. The fourth-order valence-electron chi connectivity index (χ4n) is 2.92. The van der Waals surface area contributed by atoms with Crippen LogP contribution < -0.4 is 0 Å². The first-order valence-corrected chi connectivity index (χ1v) is 8.76. The van der Waals surface area contributed by atoms with Crippen LogP contribution in [0.4, 0.5) is 0 Å². The van der Waals surface area contributed by atoms with Crippen LogP contribution in [0.25, 0.3) is 0 Å². The highest BCUT2D eigenvalue weighted by molar-refractivity contribution is 7.10. The molecule has 3 aromatic rings. The van der Waals surface area contributed by atoms with Gasteiger partial charge in [0, 0.05) is 16.9 Å². The molecule has 4 heteroatoms. The Morgan fingerprint density at radius 2 is 1.67 bits per heavy atom. The summed E-state index contributed by atoms with van der Waals surface area (Å²) in [5.41, 5.74) is 2.69. The van der Waals surface area contributed by atoms with Crippen molar-refractivity contribution in [1.29, 1.82) is 0 Å². The molecule has 1 atom stereocenters. The fourth-order valence-corrected chi connectivity index (χ4v) is 3.73. The molecule has 2 aromatic carbocycles. The monoisotopic (exact) mass is 332 g/mol. The first-order chi connectivity index (χ1) is 11.8. The molecule has 3 nitrogen and oxygen atoms in total. The normalized spacial score (nSPS) is 16.9. The summed E-state index contributed by atoms with van der Waals surface area (Å²) < 4.78 is 0. The Morgan fingerprint density at radius 1 is 0.958 bits per heavy atom. The van der Waals surface area contributed by atoms with Crippen molar-refractivity contribution in [2.75, 3.05) is 0 Å². The van der Waals surface area contributed by atoms with Crippen molar-refractivity contribution in [1.82, 2.24) is 5.01 Å². The minimum atomic E-state index is -0.0556. The average molecular weight is 332 g/mol. The molecular formula is C20H16N2OS. The molecule has 0 bridgehead atoms. The second-order valence-electron chi connectivity index (χ2n) is 5.66. The molecule has 24 heavy (non-hydrogen) atoms. The zero-order chi connectivity index (χ0) is 16.4. The lowest BCUT2D eigenvalue weighted by Crippen LogP contribution is -2.26. The Morgan fingerprint density at radius 3 is 2.33 bits per heavy atom. The molecule has 0 N–H and O–H groups in total. The summed E-state index contributed by atoms with van der Waals surface area (Å²) in [5.74, 6) is -0.0556. The van der Waals surface area contributed by atoms with Crippen LogP contribution >= 0.6 is 11.3 Å². The van der Waals surface area contributed by atoms with Gasteiger partial charge in [0.05, 0.1) is 11.8 Å². The molecular weight excluding hydrogens is 316 g/mol. The molecule has 0 aliphatic carbocycles. The first kappa shape index (κ1) is 14.8. The van der Waals surface area contributed by atoms with Crippen LogP contribution in [-0.4, -0.2) is 16.6 Å². The molecule has 1 aliphatic rings. The van der Waals surface area contributed by atoms with E-state index in [9.17, 15) is 4.79 Å². The summed E-state index contributed by atoms with van der Waals surface area (Å²) in [4.78, 5) is 14.1. The van der Waals surface area contributed by atoms with Crippen LogP contribution in [0, 0.1) is 0 Å². The molecule has 0 saturated carbocycles. The van der Waals surface area contributed by atoms with Gasteiger partial charge < -0.3 is 0 Å². The topological polar surface area (TPSA) is 32.7 Å². The van der Waals surface area contributed by atoms with Gasteiger partial charge in [0.25, 0.3) is 5.91 Å². The fraction of sp³-hybridized carbons (Fsp3) is 0.100. The zero-order valence-electron chi connectivity index (χ0n) is 13.0. The van der Waals surface area contributed by atoms with Crippen molar-refractivity contribution >= 4 is 23.0 Å². The van der Waals surface area contributed by atoms with E-state index in [1.807, 2.05) is 72.1 Å². The maximum absolute atomic E-state index is 13.0. The van der Waals surface area contributed by atoms with Crippen LogP contribution in [0.5, 0.6) is 0 Å². The first-order valence-electron chi connectivity index (χ1n) is 7.88. The van der Waals surface area contributed by atoms with Gasteiger partial charge in [-0.15, -0.1) is 11.3 Å². The van der Waals surface area contributed by atoms with Crippen LogP contribution in [-0.2, 0) is 0 Å². The van der Waals surface area contributed by atoms with Gasteiger partial charge in [0.2, 0.25) is 0 Å². The molecule has 4 rings (SSSR count). The number of thiophene rings is 1. The summed E-state index contributed by atoms with van der Waals surface area (Å²) in [6, 6.07) is 23.5. The Bertz CT molecular complexity index is 857. The predicted octanol–water partition coefficient (Wildman–Crippen LogP) is 4.74. The van der Waals surface area contributed by atoms with Crippen LogP contribution in [0.2, 0.25) is 0 Å². The van der Waals surface area contributed by atoms with Gasteiger partial charge in [0.1, 0.15) is 0 Å². The third-order valence-electron chi connectivity index (χ3n) is 4.12. The van der Waals surface area contributed by atoms with E-state index in [0.717, 1.165) is 22.6 Å². The number of rotatable bonds is 3. The van der Waals surface area contributed by atoms with Gasteiger partial charge in [-0.05, 0) is 29.1 Å². The Labute approximate surface area is 144 Å². The number of hydrogen-bond acceptors (Lipinski definition) is 3. The number of benzene rings is 2. The van der Waals surface area contributed by atoms with Crippen molar-refractivity contribution in [3.63, 3.8) is 0 Å². The molecule has 0 unspecified atom stereocenters. The van der Waals surface area contributed by atoms with Gasteiger partial charge in [-0.2, -0.15) is 5.10 Å². The van der Waals surface area contributed by atoms with Gasteiger partial charge in [-0.25, -0.2) is 5.01 Å².